The van der Waals surface area contributed by atoms with Crippen LogP contribution >= 0.6 is 23.1 Å². The lowest BCUT2D eigenvalue weighted by molar-refractivity contribution is -0.384. The highest BCUT2D eigenvalue weighted by Crippen LogP contribution is 2.25. The fourth-order valence-electron chi connectivity index (χ4n) is 1.49. The fraction of sp³-hybridized carbons (Fsp3) is 0.167. The molecule has 0 spiro atoms. The molecule has 0 fully saturated rings. The average molecular weight is 353 g/mol. The molecule has 0 saturated carbocycles. The van der Waals surface area contributed by atoms with Crippen LogP contribution in [0.4, 0.5) is 16.5 Å². The fourth-order valence-corrected chi connectivity index (χ4v) is 3.09. The first-order chi connectivity index (χ1) is 10.9. The first-order valence-electron chi connectivity index (χ1n) is 6.22. The van der Waals surface area contributed by atoms with Gasteiger partial charge >= 0.3 is 0 Å². The Hall–Kier alpha value is -2.53. The number of nitro benzene ring substituents is 1. The smallest absolute Gasteiger partial charge is 0.271 e. The lowest BCUT2D eigenvalue weighted by Crippen LogP contribution is -2.14. The van der Waals surface area contributed by atoms with E-state index in [2.05, 4.69) is 20.8 Å². The van der Waals surface area contributed by atoms with Crippen LogP contribution in [0.3, 0.4) is 0 Å². The van der Waals surface area contributed by atoms with Gasteiger partial charge in [-0.2, -0.15) is 0 Å². The molecule has 2 rings (SSSR count). The Morgan fingerprint density at radius 1 is 1.35 bits per heavy atom. The van der Waals surface area contributed by atoms with Crippen LogP contribution in [0.25, 0.3) is 0 Å². The van der Waals surface area contributed by atoms with Gasteiger partial charge in [-0.3, -0.25) is 19.7 Å². The first-order valence-corrected chi connectivity index (χ1v) is 8.02. The summed E-state index contributed by atoms with van der Waals surface area (Å²) in [6.45, 7) is 1.36. The largest absolute Gasteiger partial charge is 0.325 e. The molecule has 0 saturated heterocycles. The van der Waals surface area contributed by atoms with Gasteiger partial charge in [0.2, 0.25) is 16.9 Å². The molecule has 0 radical (unpaired) electrons. The van der Waals surface area contributed by atoms with E-state index in [-0.39, 0.29) is 23.3 Å². The van der Waals surface area contributed by atoms with E-state index in [1.165, 1.54) is 25.1 Å². The zero-order chi connectivity index (χ0) is 16.8. The molecular weight excluding hydrogens is 342 g/mol. The number of hydrogen-bond acceptors (Lipinski definition) is 8. The SMILES string of the molecule is CC(=O)Nc1nnc(SCC(=O)Nc2cccc([N+](=O)[O-])c2)s1. The summed E-state index contributed by atoms with van der Waals surface area (Å²) in [6, 6.07) is 5.68. The number of non-ortho nitro benzene ring substituents is 1. The summed E-state index contributed by atoms with van der Waals surface area (Å²) < 4.78 is 0.531. The molecule has 2 N–H and O–H groups in total. The Kier molecular flexibility index (Phi) is 5.60. The molecule has 1 aromatic carbocycles. The van der Waals surface area contributed by atoms with E-state index < -0.39 is 4.92 Å². The molecule has 0 atom stereocenters. The number of carbonyl (C=O) groups is 2. The van der Waals surface area contributed by atoms with Gasteiger partial charge in [-0.1, -0.05) is 29.2 Å². The molecule has 9 nitrogen and oxygen atoms in total. The van der Waals surface area contributed by atoms with Crippen LogP contribution in [0.5, 0.6) is 0 Å². The van der Waals surface area contributed by atoms with Crippen LogP contribution < -0.4 is 10.6 Å². The minimum Gasteiger partial charge on any atom is -0.325 e. The monoisotopic (exact) mass is 353 g/mol. The second-order valence-electron chi connectivity index (χ2n) is 4.20. The van der Waals surface area contributed by atoms with Gasteiger partial charge in [0.1, 0.15) is 0 Å². The van der Waals surface area contributed by atoms with E-state index in [1.807, 2.05) is 0 Å². The number of benzene rings is 1. The molecule has 0 bridgehead atoms. The van der Waals surface area contributed by atoms with Crippen LogP contribution in [-0.4, -0.2) is 32.7 Å². The molecular formula is C12H11N5O4S2. The second-order valence-corrected chi connectivity index (χ2v) is 6.40. The zero-order valence-electron chi connectivity index (χ0n) is 11.8. The summed E-state index contributed by atoms with van der Waals surface area (Å²) in [4.78, 5) is 32.9. The van der Waals surface area contributed by atoms with E-state index in [1.54, 1.807) is 6.07 Å². The molecule has 120 valence electrons. The number of carbonyl (C=O) groups excluding carboxylic acids is 2. The summed E-state index contributed by atoms with van der Waals surface area (Å²) in [5, 5.41) is 23.7. The molecule has 0 aliphatic rings. The van der Waals surface area contributed by atoms with Crippen LogP contribution in [0.15, 0.2) is 28.6 Å². The van der Waals surface area contributed by atoms with Gasteiger partial charge in [0.15, 0.2) is 4.34 Å². The number of aromatic nitrogens is 2. The van der Waals surface area contributed by atoms with Crippen LogP contribution in [0, 0.1) is 10.1 Å². The predicted molar refractivity (Wildman–Crippen MR) is 86.7 cm³/mol. The predicted octanol–water partition coefficient (Wildman–Crippen LogP) is 2.14. The Bertz CT molecular complexity index is 749. The van der Waals surface area contributed by atoms with Gasteiger partial charge in [-0.25, -0.2) is 0 Å². The quantitative estimate of drug-likeness (QED) is 0.352. The van der Waals surface area contributed by atoms with Crippen molar-refractivity contribution in [1.29, 1.82) is 0 Å². The summed E-state index contributed by atoms with van der Waals surface area (Å²) in [6.07, 6.45) is 0. The Labute approximate surface area is 138 Å². The summed E-state index contributed by atoms with van der Waals surface area (Å²) in [5.41, 5.74) is 0.250. The maximum atomic E-state index is 11.8. The molecule has 2 aromatic rings. The van der Waals surface area contributed by atoms with Crippen molar-refractivity contribution in [3.63, 3.8) is 0 Å². The van der Waals surface area contributed by atoms with E-state index in [9.17, 15) is 19.7 Å². The Balaban J connectivity index is 1.87. The van der Waals surface area contributed by atoms with Crippen molar-refractivity contribution in [3.8, 4) is 0 Å². The van der Waals surface area contributed by atoms with Crippen LogP contribution in [0.2, 0.25) is 0 Å². The van der Waals surface area contributed by atoms with Gasteiger partial charge < -0.3 is 10.6 Å². The number of hydrogen-bond donors (Lipinski definition) is 2. The Morgan fingerprint density at radius 2 is 2.13 bits per heavy atom. The van der Waals surface area contributed by atoms with Crippen molar-refractivity contribution in [2.75, 3.05) is 16.4 Å². The van der Waals surface area contributed by atoms with E-state index in [0.717, 1.165) is 23.1 Å². The molecule has 1 aromatic heterocycles. The van der Waals surface area contributed by atoms with Gasteiger partial charge in [0.05, 0.1) is 10.7 Å². The lowest BCUT2D eigenvalue weighted by atomic mass is 10.3. The first kappa shape index (κ1) is 16.8. The third kappa shape index (κ3) is 5.30. The van der Waals surface area contributed by atoms with Crippen molar-refractivity contribution >= 4 is 51.4 Å². The second kappa shape index (κ2) is 7.65. The van der Waals surface area contributed by atoms with Crippen molar-refractivity contribution in [3.05, 3.63) is 34.4 Å². The normalized spacial score (nSPS) is 10.1. The van der Waals surface area contributed by atoms with Gasteiger partial charge in [0, 0.05) is 24.7 Å². The molecule has 23 heavy (non-hydrogen) atoms. The van der Waals surface area contributed by atoms with Crippen LogP contribution in [-0.2, 0) is 9.59 Å². The summed E-state index contributed by atoms with van der Waals surface area (Å²) in [5.74, 6) is -0.509. The number of nitrogens with one attached hydrogen (secondary N) is 2. The zero-order valence-corrected chi connectivity index (χ0v) is 13.4. The highest BCUT2D eigenvalue weighted by atomic mass is 32.2. The van der Waals surface area contributed by atoms with E-state index in [4.69, 9.17) is 0 Å². The third-order valence-electron chi connectivity index (χ3n) is 2.36. The maximum Gasteiger partial charge on any atom is 0.271 e. The number of nitro groups is 1. The number of nitrogens with zero attached hydrogens (tertiary/aromatic N) is 3. The standard InChI is InChI=1S/C12H11N5O4S2/c1-7(18)13-11-15-16-12(23-11)22-6-10(19)14-8-3-2-4-9(5-8)17(20)21/h2-5H,6H2,1H3,(H,14,19)(H,13,15,18). The highest BCUT2D eigenvalue weighted by molar-refractivity contribution is 8.01. The van der Waals surface area contributed by atoms with Gasteiger partial charge in [-0.15, -0.1) is 10.2 Å². The highest BCUT2D eigenvalue weighted by Gasteiger charge is 2.11. The van der Waals surface area contributed by atoms with E-state index in [0.29, 0.717) is 15.2 Å². The van der Waals surface area contributed by atoms with E-state index >= 15 is 0 Å². The molecule has 1 heterocycles. The third-order valence-corrected chi connectivity index (χ3v) is 4.33. The molecule has 0 unspecified atom stereocenters. The average Bonchev–Trinajstić information content (AvgIpc) is 2.92. The topological polar surface area (TPSA) is 127 Å². The minimum absolute atomic E-state index is 0.0669. The van der Waals surface area contributed by atoms with Crippen molar-refractivity contribution in [2.24, 2.45) is 0 Å². The van der Waals surface area contributed by atoms with Crippen LogP contribution in [0.1, 0.15) is 6.92 Å². The van der Waals surface area contributed by atoms with Crippen molar-refractivity contribution < 1.29 is 14.5 Å². The summed E-state index contributed by atoms with van der Waals surface area (Å²) in [7, 11) is 0. The number of amides is 2. The molecule has 0 aliphatic heterocycles. The van der Waals surface area contributed by atoms with Gasteiger partial charge in [0.25, 0.3) is 5.69 Å². The summed E-state index contributed by atoms with van der Waals surface area (Å²) >= 11 is 2.31. The van der Waals surface area contributed by atoms with Crippen molar-refractivity contribution in [2.45, 2.75) is 11.3 Å². The van der Waals surface area contributed by atoms with Gasteiger partial charge in [-0.05, 0) is 6.07 Å². The molecule has 2 amide bonds. The Morgan fingerprint density at radius 3 is 2.83 bits per heavy atom. The lowest BCUT2D eigenvalue weighted by Gasteiger charge is -2.03. The molecule has 11 heteroatoms. The van der Waals surface area contributed by atoms with Crippen molar-refractivity contribution in [1.82, 2.24) is 10.2 Å². The number of rotatable bonds is 6. The maximum absolute atomic E-state index is 11.8. The number of anilines is 2. The molecule has 0 aliphatic carbocycles. The number of thioether (sulfide) groups is 1. The minimum atomic E-state index is -0.533.